The standard InChI is InChI=1S/C10H7FN2S/c11-8-5-7(10(12)14)4-6-2-1-3-13-9(6)8/h1-5H,(H2,12,14). The highest BCUT2D eigenvalue weighted by atomic mass is 32.1. The first-order valence-electron chi connectivity index (χ1n) is 4.02. The van der Waals surface area contributed by atoms with E-state index in [0.29, 0.717) is 16.5 Å². The van der Waals surface area contributed by atoms with E-state index in [1.807, 2.05) is 0 Å². The Hall–Kier alpha value is -1.55. The SMILES string of the molecule is NC(=S)c1cc(F)c2ncccc2c1. The molecule has 1 aromatic carbocycles. The van der Waals surface area contributed by atoms with Crippen LogP contribution in [-0.2, 0) is 0 Å². The minimum absolute atomic E-state index is 0.189. The predicted octanol–water partition coefficient (Wildman–Crippen LogP) is 2.01. The summed E-state index contributed by atoms with van der Waals surface area (Å²) in [5, 5.41) is 0.704. The average molecular weight is 206 g/mol. The summed E-state index contributed by atoms with van der Waals surface area (Å²) in [5.74, 6) is -0.397. The molecule has 0 saturated heterocycles. The highest BCUT2D eigenvalue weighted by molar-refractivity contribution is 7.80. The summed E-state index contributed by atoms with van der Waals surface area (Å²) in [4.78, 5) is 4.11. The molecule has 0 unspecified atom stereocenters. The Labute approximate surface area is 85.6 Å². The molecule has 4 heteroatoms. The minimum atomic E-state index is -0.397. The van der Waals surface area contributed by atoms with Gasteiger partial charge < -0.3 is 5.73 Å². The Bertz CT molecular complexity index is 510. The predicted molar refractivity (Wildman–Crippen MR) is 57.6 cm³/mol. The average Bonchev–Trinajstić information content (AvgIpc) is 2.17. The first-order valence-corrected chi connectivity index (χ1v) is 4.43. The lowest BCUT2D eigenvalue weighted by molar-refractivity contribution is 0.636. The highest BCUT2D eigenvalue weighted by Crippen LogP contribution is 2.17. The van der Waals surface area contributed by atoms with E-state index in [4.69, 9.17) is 18.0 Å². The molecule has 1 heterocycles. The molecule has 2 N–H and O–H groups in total. The van der Waals surface area contributed by atoms with Gasteiger partial charge in [-0.3, -0.25) is 4.98 Å². The van der Waals surface area contributed by atoms with Gasteiger partial charge in [-0.05, 0) is 18.2 Å². The van der Waals surface area contributed by atoms with Crippen molar-refractivity contribution >= 4 is 28.1 Å². The van der Waals surface area contributed by atoms with Gasteiger partial charge in [0.2, 0.25) is 0 Å². The molecule has 1 aromatic heterocycles. The summed E-state index contributed by atoms with van der Waals surface area (Å²) < 4.78 is 13.4. The van der Waals surface area contributed by atoms with Crippen LogP contribution in [0.4, 0.5) is 4.39 Å². The maximum Gasteiger partial charge on any atom is 0.150 e. The largest absolute Gasteiger partial charge is 0.389 e. The molecule has 2 nitrogen and oxygen atoms in total. The van der Waals surface area contributed by atoms with Gasteiger partial charge in [-0.25, -0.2) is 4.39 Å². The van der Waals surface area contributed by atoms with Crippen LogP contribution in [0.3, 0.4) is 0 Å². The van der Waals surface area contributed by atoms with Gasteiger partial charge in [0.05, 0.1) is 0 Å². The fraction of sp³-hybridized carbons (Fsp3) is 0. The zero-order chi connectivity index (χ0) is 10.1. The molecule has 0 saturated carbocycles. The van der Waals surface area contributed by atoms with Crippen LogP contribution < -0.4 is 5.73 Å². The second-order valence-electron chi connectivity index (χ2n) is 2.90. The van der Waals surface area contributed by atoms with Gasteiger partial charge in [-0.1, -0.05) is 18.3 Å². The third-order valence-corrected chi connectivity index (χ3v) is 2.18. The number of pyridine rings is 1. The smallest absolute Gasteiger partial charge is 0.150 e. The number of rotatable bonds is 1. The van der Waals surface area contributed by atoms with Gasteiger partial charge in [0, 0.05) is 17.1 Å². The highest BCUT2D eigenvalue weighted by Gasteiger charge is 2.05. The molecule has 0 spiro atoms. The van der Waals surface area contributed by atoms with Gasteiger partial charge in [0.15, 0.2) is 0 Å². The lowest BCUT2D eigenvalue weighted by Crippen LogP contribution is -2.09. The van der Waals surface area contributed by atoms with Gasteiger partial charge in [-0.2, -0.15) is 0 Å². The van der Waals surface area contributed by atoms with Crippen molar-refractivity contribution in [2.24, 2.45) is 5.73 Å². The summed E-state index contributed by atoms with van der Waals surface area (Å²) in [5.41, 5.74) is 6.28. The van der Waals surface area contributed by atoms with Crippen LogP contribution in [0.1, 0.15) is 5.56 Å². The number of aromatic nitrogens is 1. The summed E-state index contributed by atoms with van der Waals surface area (Å²) in [7, 11) is 0. The van der Waals surface area contributed by atoms with Crippen molar-refractivity contribution in [3.05, 3.63) is 41.8 Å². The molecule has 2 rings (SSSR count). The van der Waals surface area contributed by atoms with Crippen LogP contribution in [0.25, 0.3) is 10.9 Å². The van der Waals surface area contributed by atoms with Gasteiger partial charge in [-0.15, -0.1) is 0 Å². The Balaban J connectivity index is 2.78. The second kappa shape index (κ2) is 3.31. The molecule has 2 aromatic rings. The summed E-state index contributed by atoms with van der Waals surface area (Å²) in [6, 6.07) is 6.55. The van der Waals surface area contributed by atoms with Crippen LogP contribution >= 0.6 is 12.2 Å². The normalized spacial score (nSPS) is 10.4. The van der Waals surface area contributed by atoms with E-state index in [1.54, 1.807) is 24.4 Å². The third-order valence-electron chi connectivity index (χ3n) is 1.94. The van der Waals surface area contributed by atoms with E-state index in [2.05, 4.69) is 4.98 Å². The molecule has 0 aliphatic heterocycles. The number of hydrogen-bond donors (Lipinski definition) is 1. The zero-order valence-corrected chi connectivity index (χ0v) is 8.01. The molecule has 0 fully saturated rings. The first kappa shape index (κ1) is 9.02. The number of halogens is 1. The maximum atomic E-state index is 13.4. The maximum absolute atomic E-state index is 13.4. The Morgan fingerprint density at radius 1 is 1.43 bits per heavy atom. The number of nitrogens with zero attached hydrogens (tertiary/aromatic N) is 1. The molecule has 0 bridgehead atoms. The quantitative estimate of drug-likeness (QED) is 0.725. The monoisotopic (exact) mass is 206 g/mol. The molecule has 0 aliphatic carbocycles. The van der Waals surface area contributed by atoms with E-state index >= 15 is 0 Å². The topological polar surface area (TPSA) is 38.9 Å². The molecular weight excluding hydrogens is 199 g/mol. The number of hydrogen-bond acceptors (Lipinski definition) is 2. The second-order valence-corrected chi connectivity index (χ2v) is 3.34. The van der Waals surface area contributed by atoms with Crippen molar-refractivity contribution in [1.29, 1.82) is 0 Å². The molecule has 0 amide bonds. The van der Waals surface area contributed by atoms with Crippen LogP contribution in [-0.4, -0.2) is 9.97 Å². The van der Waals surface area contributed by atoms with Crippen molar-refractivity contribution in [3.8, 4) is 0 Å². The van der Waals surface area contributed by atoms with E-state index in [0.717, 1.165) is 0 Å². The van der Waals surface area contributed by atoms with E-state index in [9.17, 15) is 4.39 Å². The van der Waals surface area contributed by atoms with Crippen LogP contribution in [0.2, 0.25) is 0 Å². The lowest BCUT2D eigenvalue weighted by atomic mass is 10.1. The lowest BCUT2D eigenvalue weighted by Gasteiger charge is -2.02. The molecule has 0 radical (unpaired) electrons. The molecule has 70 valence electrons. The third kappa shape index (κ3) is 1.44. The van der Waals surface area contributed by atoms with Gasteiger partial charge in [0.1, 0.15) is 16.3 Å². The van der Waals surface area contributed by atoms with Crippen molar-refractivity contribution in [2.45, 2.75) is 0 Å². The first-order chi connectivity index (χ1) is 6.68. The van der Waals surface area contributed by atoms with E-state index in [-0.39, 0.29) is 4.99 Å². The van der Waals surface area contributed by atoms with Gasteiger partial charge in [0.25, 0.3) is 0 Å². The fourth-order valence-electron chi connectivity index (χ4n) is 1.29. The van der Waals surface area contributed by atoms with Gasteiger partial charge >= 0.3 is 0 Å². The van der Waals surface area contributed by atoms with Crippen molar-refractivity contribution in [1.82, 2.24) is 4.98 Å². The Morgan fingerprint density at radius 2 is 2.21 bits per heavy atom. The zero-order valence-electron chi connectivity index (χ0n) is 7.20. The van der Waals surface area contributed by atoms with Crippen LogP contribution in [0, 0.1) is 5.82 Å². The number of nitrogens with two attached hydrogens (primary N) is 1. The number of thiocarbonyl (C=S) groups is 1. The number of benzene rings is 1. The van der Waals surface area contributed by atoms with E-state index < -0.39 is 5.82 Å². The Kier molecular flexibility index (Phi) is 2.13. The molecule has 0 aliphatic rings. The summed E-state index contributed by atoms with van der Waals surface area (Å²) in [6.45, 7) is 0. The summed E-state index contributed by atoms with van der Waals surface area (Å²) in [6.07, 6.45) is 1.55. The van der Waals surface area contributed by atoms with Crippen molar-refractivity contribution in [2.75, 3.05) is 0 Å². The fourth-order valence-corrected chi connectivity index (χ4v) is 1.41. The molecular formula is C10H7FN2S. The summed E-state index contributed by atoms with van der Waals surface area (Å²) >= 11 is 4.78. The Morgan fingerprint density at radius 3 is 2.93 bits per heavy atom. The van der Waals surface area contributed by atoms with Crippen LogP contribution in [0.5, 0.6) is 0 Å². The van der Waals surface area contributed by atoms with Crippen LogP contribution in [0.15, 0.2) is 30.5 Å². The van der Waals surface area contributed by atoms with Crippen molar-refractivity contribution < 1.29 is 4.39 Å². The minimum Gasteiger partial charge on any atom is -0.389 e. The molecule has 14 heavy (non-hydrogen) atoms. The van der Waals surface area contributed by atoms with E-state index in [1.165, 1.54) is 6.07 Å². The molecule has 0 atom stereocenters. The number of fused-ring (bicyclic) bond motifs is 1. The van der Waals surface area contributed by atoms with Crippen molar-refractivity contribution in [3.63, 3.8) is 0 Å².